The van der Waals surface area contributed by atoms with Gasteiger partial charge in [0, 0.05) is 38.7 Å². The molecular weight excluding hydrogens is 406 g/mol. The molecule has 3 aliphatic rings. The van der Waals surface area contributed by atoms with E-state index in [-0.39, 0.29) is 36.5 Å². The smallest absolute Gasteiger partial charge is 0.281 e. The Bertz CT molecular complexity index is 1020. The molecule has 30 heavy (non-hydrogen) atoms. The summed E-state index contributed by atoms with van der Waals surface area (Å²) in [4.78, 5) is 35.2. The second-order valence-corrected chi connectivity index (χ2v) is 10.6. The Morgan fingerprint density at radius 2 is 2.03 bits per heavy atom. The van der Waals surface area contributed by atoms with Gasteiger partial charge in [0.25, 0.3) is 15.8 Å². The van der Waals surface area contributed by atoms with E-state index < -0.39 is 10.2 Å². The first-order valence-corrected chi connectivity index (χ1v) is 11.9. The Morgan fingerprint density at radius 3 is 2.73 bits per heavy atom. The van der Waals surface area contributed by atoms with Gasteiger partial charge in [-0.3, -0.25) is 9.59 Å². The highest BCUT2D eigenvalue weighted by molar-refractivity contribution is 7.86. The molecule has 10 heteroatoms. The number of rotatable bonds is 4. The minimum atomic E-state index is -3.58. The molecule has 0 spiro atoms. The van der Waals surface area contributed by atoms with E-state index >= 15 is 0 Å². The van der Waals surface area contributed by atoms with Crippen LogP contribution in [-0.2, 0) is 28.0 Å². The van der Waals surface area contributed by atoms with Crippen molar-refractivity contribution in [3.63, 3.8) is 0 Å². The summed E-state index contributed by atoms with van der Waals surface area (Å²) in [7, 11) is -0.603. The standard InChI is InChI=1S/C20H29N5O4S/c1-23(2)30(28,29)24-12-10-15-16(13-24)21-18(22-19(15)26)17-9-6-11-25(17)20(27)14-7-4-3-5-8-14/h3-4,14,17H,5-13H2,1-2H3,(H,21,22,26). The minimum absolute atomic E-state index is 0.0133. The predicted molar refractivity (Wildman–Crippen MR) is 112 cm³/mol. The molecule has 4 rings (SSSR count). The molecule has 164 valence electrons. The summed E-state index contributed by atoms with van der Waals surface area (Å²) in [5, 5.41) is 0. The van der Waals surface area contributed by atoms with Gasteiger partial charge < -0.3 is 9.88 Å². The zero-order chi connectivity index (χ0) is 21.5. The van der Waals surface area contributed by atoms with Crippen molar-refractivity contribution in [3.05, 3.63) is 39.6 Å². The summed E-state index contributed by atoms with van der Waals surface area (Å²) in [6, 6.07) is -0.262. The van der Waals surface area contributed by atoms with Gasteiger partial charge in [0.2, 0.25) is 5.91 Å². The number of fused-ring (bicyclic) bond motifs is 1. The van der Waals surface area contributed by atoms with Gasteiger partial charge in [-0.05, 0) is 38.5 Å². The van der Waals surface area contributed by atoms with Gasteiger partial charge in [-0.2, -0.15) is 17.0 Å². The summed E-state index contributed by atoms with van der Waals surface area (Å²) in [6.45, 7) is 0.980. The first-order chi connectivity index (χ1) is 14.3. The van der Waals surface area contributed by atoms with Gasteiger partial charge in [-0.1, -0.05) is 12.2 Å². The number of carbonyl (C=O) groups is 1. The number of nitrogens with zero attached hydrogens (tertiary/aromatic N) is 4. The van der Waals surface area contributed by atoms with Crippen LogP contribution in [0.1, 0.15) is 55.2 Å². The molecule has 2 atom stereocenters. The molecule has 2 unspecified atom stereocenters. The van der Waals surface area contributed by atoms with Gasteiger partial charge in [0.15, 0.2) is 0 Å². The van der Waals surface area contributed by atoms with Gasteiger partial charge in [-0.15, -0.1) is 0 Å². The van der Waals surface area contributed by atoms with Crippen LogP contribution in [0.15, 0.2) is 16.9 Å². The van der Waals surface area contributed by atoms with Crippen LogP contribution in [0.3, 0.4) is 0 Å². The SMILES string of the molecule is CN(C)S(=O)(=O)N1CCc2c(nc(C3CCCN3C(=O)C3CC=CCC3)[nH]c2=O)C1. The third kappa shape index (κ3) is 3.83. The fraction of sp³-hybridized carbons (Fsp3) is 0.650. The molecule has 0 saturated carbocycles. The van der Waals surface area contributed by atoms with Crippen LogP contribution in [0, 0.1) is 5.92 Å². The van der Waals surface area contributed by atoms with Crippen molar-refractivity contribution in [1.29, 1.82) is 0 Å². The van der Waals surface area contributed by atoms with Crippen molar-refractivity contribution in [2.24, 2.45) is 5.92 Å². The maximum atomic E-state index is 13.1. The van der Waals surface area contributed by atoms with Gasteiger partial charge in [-0.25, -0.2) is 4.98 Å². The molecule has 1 fully saturated rings. The van der Waals surface area contributed by atoms with Gasteiger partial charge in [0.05, 0.1) is 18.3 Å². The van der Waals surface area contributed by atoms with Crippen LogP contribution in [0.4, 0.5) is 0 Å². The highest BCUT2D eigenvalue weighted by Crippen LogP contribution is 2.33. The first-order valence-electron chi connectivity index (χ1n) is 10.5. The Hall–Kier alpha value is -2.04. The lowest BCUT2D eigenvalue weighted by molar-refractivity contribution is -0.136. The number of amides is 1. The van der Waals surface area contributed by atoms with E-state index in [1.807, 2.05) is 4.90 Å². The fourth-order valence-corrected chi connectivity index (χ4v) is 5.66. The third-order valence-electron chi connectivity index (χ3n) is 6.31. The van der Waals surface area contributed by atoms with Crippen molar-refractivity contribution < 1.29 is 13.2 Å². The van der Waals surface area contributed by atoms with E-state index in [2.05, 4.69) is 22.1 Å². The van der Waals surface area contributed by atoms with Crippen LogP contribution in [-0.4, -0.2) is 65.0 Å². The summed E-state index contributed by atoms with van der Waals surface area (Å²) in [6.07, 6.45) is 8.64. The monoisotopic (exact) mass is 435 g/mol. The number of allylic oxidation sites excluding steroid dienone is 2. The largest absolute Gasteiger partial charge is 0.332 e. The van der Waals surface area contributed by atoms with Crippen LogP contribution in [0.2, 0.25) is 0 Å². The van der Waals surface area contributed by atoms with Crippen molar-refractivity contribution in [1.82, 2.24) is 23.5 Å². The van der Waals surface area contributed by atoms with Crippen molar-refractivity contribution in [3.8, 4) is 0 Å². The van der Waals surface area contributed by atoms with Gasteiger partial charge >= 0.3 is 0 Å². The van der Waals surface area contributed by atoms with Crippen LogP contribution in [0.5, 0.6) is 0 Å². The molecule has 1 aliphatic carbocycles. The summed E-state index contributed by atoms with van der Waals surface area (Å²) in [5.41, 5.74) is 0.805. The average molecular weight is 436 g/mol. The summed E-state index contributed by atoms with van der Waals surface area (Å²) < 4.78 is 27.5. The molecule has 3 heterocycles. The highest BCUT2D eigenvalue weighted by Gasteiger charge is 2.37. The molecule has 1 aromatic heterocycles. The van der Waals surface area contributed by atoms with Crippen molar-refractivity contribution >= 4 is 16.1 Å². The molecule has 1 aromatic rings. The molecule has 0 radical (unpaired) electrons. The van der Waals surface area contributed by atoms with Crippen LogP contribution in [0.25, 0.3) is 0 Å². The number of aromatic amines is 1. The Balaban J connectivity index is 1.61. The lowest BCUT2D eigenvalue weighted by atomic mass is 9.93. The number of H-pyrrole nitrogens is 1. The second kappa shape index (κ2) is 8.24. The highest BCUT2D eigenvalue weighted by atomic mass is 32.2. The quantitative estimate of drug-likeness (QED) is 0.709. The van der Waals surface area contributed by atoms with Crippen molar-refractivity contribution in [2.75, 3.05) is 27.2 Å². The van der Waals surface area contributed by atoms with E-state index in [9.17, 15) is 18.0 Å². The number of likely N-dealkylation sites (tertiary alicyclic amines) is 1. The molecule has 0 aromatic carbocycles. The molecule has 1 amide bonds. The van der Waals surface area contributed by atoms with Gasteiger partial charge in [0.1, 0.15) is 5.82 Å². The minimum Gasteiger partial charge on any atom is -0.332 e. The van der Waals surface area contributed by atoms with E-state index in [1.54, 1.807) is 0 Å². The van der Waals surface area contributed by atoms with Crippen LogP contribution >= 0.6 is 0 Å². The second-order valence-electron chi connectivity index (χ2n) is 8.42. The molecule has 9 nitrogen and oxygen atoms in total. The topological polar surface area (TPSA) is 107 Å². The summed E-state index contributed by atoms with van der Waals surface area (Å²) in [5.74, 6) is 0.583. The summed E-state index contributed by atoms with van der Waals surface area (Å²) >= 11 is 0. The number of nitrogens with one attached hydrogen (secondary N) is 1. The zero-order valence-corrected chi connectivity index (χ0v) is 18.3. The van der Waals surface area contributed by atoms with E-state index in [0.717, 1.165) is 32.1 Å². The maximum Gasteiger partial charge on any atom is 0.281 e. The fourth-order valence-electron chi connectivity index (χ4n) is 4.59. The number of hydrogen-bond acceptors (Lipinski definition) is 5. The van der Waals surface area contributed by atoms with Crippen LogP contribution < -0.4 is 5.56 Å². The molecule has 1 N–H and O–H groups in total. The Kier molecular flexibility index (Phi) is 5.82. The van der Waals surface area contributed by atoms with Crippen molar-refractivity contribution in [2.45, 2.75) is 51.1 Å². The molecule has 0 bridgehead atoms. The average Bonchev–Trinajstić information content (AvgIpc) is 3.23. The van der Waals surface area contributed by atoms with E-state index in [1.165, 1.54) is 22.7 Å². The zero-order valence-electron chi connectivity index (χ0n) is 17.5. The molecular formula is C20H29N5O4S. The maximum absolute atomic E-state index is 13.1. The Morgan fingerprint density at radius 1 is 1.23 bits per heavy atom. The number of aromatic nitrogens is 2. The lowest BCUT2D eigenvalue weighted by Gasteiger charge is -2.31. The molecule has 2 aliphatic heterocycles. The van der Waals surface area contributed by atoms with E-state index in [0.29, 0.717) is 30.0 Å². The number of carbonyl (C=O) groups excluding carboxylic acids is 1. The first kappa shape index (κ1) is 21.2. The lowest BCUT2D eigenvalue weighted by Crippen LogP contribution is -2.45. The molecule has 1 saturated heterocycles. The predicted octanol–water partition coefficient (Wildman–Crippen LogP) is 0.954. The normalized spacial score (nSPS) is 25.0. The van der Waals surface area contributed by atoms with E-state index in [4.69, 9.17) is 0 Å². The third-order valence-corrected chi connectivity index (χ3v) is 8.20. The Labute approximate surface area is 177 Å². The number of hydrogen-bond donors (Lipinski definition) is 1.